The minimum atomic E-state index is -1.10. The molecule has 1 atom stereocenters. The van der Waals surface area contributed by atoms with Gasteiger partial charge in [0.1, 0.15) is 12.6 Å². The monoisotopic (exact) mass is 266 g/mol. The number of carboxylic acid groups (broad SMARTS) is 1. The Morgan fingerprint density at radius 1 is 1.32 bits per heavy atom. The normalized spacial score (nSPS) is 11.6. The second-order valence-corrected chi connectivity index (χ2v) is 3.90. The van der Waals surface area contributed by atoms with Crippen molar-refractivity contribution < 1.29 is 19.4 Å². The van der Waals surface area contributed by atoms with Crippen LogP contribution in [0.2, 0.25) is 0 Å². The molecule has 0 radical (unpaired) electrons. The van der Waals surface area contributed by atoms with Gasteiger partial charge in [0.15, 0.2) is 0 Å². The maximum absolute atomic E-state index is 11.5. The molecule has 6 nitrogen and oxygen atoms in total. The van der Waals surface area contributed by atoms with Gasteiger partial charge in [-0.3, -0.25) is 0 Å². The van der Waals surface area contributed by atoms with E-state index < -0.39 is 18.1 Å². The lowest BCUT2D eigenvalue weighted by Crippen LogP contribution is -2.47. The van der Waals surface area contributed by atoms with Gasteiger partial charge in [-0.1, -0.05) is 37.3 Å². The summed E-state index contributed by atoms with van der Waals surface area (Å²) in [5, 5.41) is 14.1. The van der Waals surface area contributed by atoms with Crippen LogP contribution in [-0.4, -0.2) is 36.3 Å². The smallest absolute Gasteiger partial charge is 0.408 e. The maximum atomic E-state index is 11.5. The van der Waals surface area contributed by atoms with Gasteiger partial charge in [-0.05, 0) is 12.1 Å². The molecule has 0 aliphatic heterocycles. The van der Waals surface area contributed by atoms with Crippen molar-refractivity contribution in [2.24, 2.45) is 0 Å². The fourth-order valence-electron chi connectivity index (χ4n) is 1.40. The first kappa shape index (κ1) is 15.0. The lowest BCUT2D eigenvalue weighted by atomic mass is 10.2. The second kappa shape index (κ2) is 8.10. The number of carboxylic acids is 1. The van der Waals surface area contributed by atoms with Crippen LogP contribution < -0.4 is 10.6 Å². The molecule has 0 aliphatic carbocycles. The van der Waals surface area contributed by atoms with Gasteiger partial charge in [0.25, 0.3) is 0 Å². The van der Waals surface area contributed by atoms with Crippen LogP contribution in [0.3, 0.4) is 0 Å². The Kier molecular flexibility index (Phi) is 6.38. The Hall–Kier alpha value is -2.08. The summed E-state index contributed by atoms with van der Waals surface area (Å²) in [6.07, 6.45) is -0.742. The van der Waals surface area contributed by atoms with Crippen LogP contribution in [0, 0.1) is 0 Å². The molecule has 19 heavy (non-hydrogen) atoms. The minimum Gasteiger partial charge on any atom is -0.480 e. The van der Waals surface area contributed by atoms with Gasteiger partial charge in [0, 0.05) is 6.54 Å². The largest absolute Gasteiger partial charge is 0.480 e. The van der Waals surface area contributed by atoms with E-state index in [9.17, 15) is 9.59 Å². The van der Waals surface area contributed by atoms with E-state index in [4.69, 9.17) is 9.84 Å². The Morgan fingerprint density at radius 3 is 2.58 bits per heavy atom. The van der Waals surface area contributed by atoms with Crippen molar-refractivity contribution in [3.05, 3.63) is 35.9 Å². The molecule has 0 aromatic heterocycles. The van der Waals surface area contributed by atoms with E-state index in [1.165, 1.54) is 0 Å². The highest BCUT2D eigenvalue weighted by atomic mass is 16.5. The molecule has 1 aromatic rings. The van der Waals surface area contributed by atoms with Gasteiger partial charge in [-0.2, -0.15) is 0 Å². The number of benzene rings is 1. The van der Waals surface area contributed by atoms with Gasteiger partial charge in [0.05, 0.1) is 0 Å². The summed E-state index contributed by atoms with van der Waals surface area (Å²) in [6.45, 7) is 2.75. The van der Waals surface area contributed by atoms with Crippen LogP contribution in [0.25, 0.3) is 0 Å². The number of amides is 1. The number of ether oxygens (including phenoxy) is 1. The highest BCUT2D eigenvalue weighted by Gasteiger charge is 2.19. The zero-order valence-electron chi connectivity index (χ0n) is 10.8. The SMILES string of the molecule is CCNC[C@H](NC(=O)OCc1ccccc1)C(=O)O. The first-order chi connectivity index (χ1) is 9.13. The summed E-state index contributed by atoms with van der Waals surface area (Å²) >= 11 is 0. The van der Waals surface area contributed by atoms with E-state index in [1.807, 2.05) is 37.3 Å². The minimum absolute atomic E-state index is 0.111. The first-order valence-electron chi connectivity index (χ1n) is 6.04. The number of rotatable bonds is 7. The summed E-state index contributed by atoms with van der Waals surface area (Å²) < 4.78 is 4.95. The van der Waals surface area contributed by atoms with Crippen LogP contribution in [-0.2, 0) is 16.1 Å². The molecule has 0 fully saturated rings. The summed E-state index contributed by atoms with van der Waals surface area (Å²) in [5.74, 6) is -1.10. The third-order valence-corrected chi connectivity index (χ3v) is 2.40. The molecular weight excluding hydrogens is 248 g/mol. The van der Waals surface area contributed by atoms with Crippen LogP contribution in [0.4, 0.5) is 4.79 Å². The number of hydrogen-bond donors (Lipinski definition) is 3. The molecule has 104 valence electrons. The molecule has 0 unspecified atom stereocenters. The summed E-state index contributed by atoms with van der Waals surface area (Å²) in [5.41, 5.74) is 0.844. The lowest BCUT2D eigenvalue weighted by molar-refractivity contribution is -0.139. The van der Waals surface area contributed by atoms with Crippen molar-refractivity contribution in [2.45, 2.75) is 19.6 Å². The molecule has 0 spiro atoms. The Balaban J connectivity index is 2.38. The zero-order chi connectivity index (χ0) is 14.1. The number of likely N-dealkylation sites (N-methyl/N-ethyl adjacent to an activating group) is 1. The fraction of sp³-hybridized carbons (Fsp3) is 0.385. The topological polar surface area (TPSA) is 87.7 Å². The van der Waals surface area contributed by atoms with E-state index in [-0.39, 0.29) is 13.2 Å². The van der Waals surface area contributed by atoms with Crippen molar-refractivity contribution in [3.63, 3.8) is 0 Å². The quantitative estimate of drug-likeness (QED) is 0.684. The van der Waals surface area contributed by atoms with Crippen LogP contribution in [0.5, 0.6) is 0 Å². The van der Waals surface area contributed by atoms with Gasteiger partial charge in [0.2, 0.25) is 0 Å². The van der Waals surface area contributed by atoms with Crippen molar-refractivity contribution >= 4 is 12.1 Å². The van der Waals surface area contributed by atoms with Gasteiger partial charge < -0.3 is 20.5 Å². The number of nitrogens with one attached hydrogen (secondary N) is 2. The average Bonchev–Trinajstić information content (AvgIpc) is 2.42. The summed E-state index contributed by atoms with van der Waals surface area (Å²) in [4.78, 5) is 22.4. The molecule has 1 rings (SSSR count). The molecule has 0 heterocycles. The van der Waals surface area contributed by atoms with Crippen LogP contribution in [0.15, 0.2) is 30.3 Å². The predicted octanol–water partition coefficient (Wildman–Crippen LogP) is 0.975. The van der Waals surface area contributed by atoms with E-state index in [0.29, 0.717) is 6.54 Å². The number of carbonyl (C=O) groups is 2. The van der Waals surface area contributed by atoms with Crippen LogP contribution >= 0.6 is 0 Å². The van der Waals surface area contributed by atoms with Crippen molar-refractivity contribution in [1.29, 1.82) is 0 Å². The first-order valence-corrected chi connectivity index (χ1v) is 6.04. The van der Waals surface area contributed by atoms with Gasteiger partial charge in [-0.25, -0.2) is 9.59 Å². The predicted molar refractivity (Wildman–Crippen MR) is 69.7 cm³/mol. The second-order valence-electron chi connectivity index (χ2n) is 3.90. The molecular formula is C13H18N2O4. The maximum Gasteiger partial charge on any atom is 0.408 e. The Labute approximate surface area is 111 Å². The third-order valence-electron chi connectivity index (χ3n) is 2.40. The van der Waals surface area contributed by atoms with E-state index >= 15 is 0 Å². The number of alkyl carbamates (subject to hydrolysis) is 1. The summed E-state index contributed by atoms with van der Waals surface area (Å²) in [7, 11) is 0. The summed E-state index contributed by atoms with van der Waals surface area (Å²) in [6, 6.07) is 8.17. The van der Waals surface area contributed by atoms with Crippen molar-refractivity contribution in [3.8, 4) is 0 Å². The molecule has 6 heteroatoms. The molecule has 0 bridgehead atoms. The number of aliphatic carboxylic acids is 1. The van der Waals surface area contributed by atoms with E-state index in [1.54, 1.807) is 0 Å². The molecule has 1 aromatic carbocycles. The van der Waals surface area contributed by atoms with E-state index in [0.717, 1.165) is 5.56 Å². The Bertz CT molecular complexity index is 408. The molecule has 0 saturated carbocycles. The van der Waals surface area contributed by atoms with Crippen molar-refractivity contribution in [2.75, 3.05) is 13.1 Å². The molecule has 1 amide bonds. The number of hydrogen-bond acceptors (Lipinski definition) is 4. The highest BCUT2D eigenvalue weighted by Crippen LogP contribution is 2.00. The fourth-order valence-corrected chi connectivity index (χ4v) is 1.40. The zero-order valence-corrected chi connectivity index (χ0v) is 10.8. The van der Waals surface area contributed by atoms with Crippen LogP contribution in [0.1, 0.15) is 12.5 Å². The average molecular weight is 266 g/mol. The highest BCUT2D eigenvalue weighted by molar-refractivity contribution is 5.80. The van der Waals surface area contributed by atoms with Gasteiger partial charge in [-0.15, -0.1) is 0 Å². The standard InChI is InChI=1S/C13H18N2O4/c1-2-14-8-11(12(16)17)15-13(18)19-9-10-6-4-3-5-7-10/h3-7,11,14H,2,8-9H2,1H3,(H,15,18)(H,16,17)/t11-/m0/s1. The molecule has 0 saturated heterocycles. The van der Waals surface area contributed by atoms with Gasteiger partial charge >= 0.3 is 12.1 Å². The molecule has 0 aliphatic rings. The van der Waals surface area contributed by atoms with Crippen molar-refractivity contribution in [1.82, 2.24) is 10.6 Å². The Morgan fingerprint density at radius 2 is 2.00 bits per heavy atom. The molecule has 3 N–H and O–H groups in total. The lowest BCUT2D eigenvalue weighted by Gasteiger charge is -2.14. The third kappa shape index (κ3) is 5.87. The number of carbonyl (C=O) groups excluding carboxylic acids is 1. The van der Waals surface area contributed by atoms with E-state index in [2.05, 4.69) is 10.6 Å².